The normalized spacial score (nSPS) is 10.9. The number of aromatic amines is 1. The molecule has 0 bridgehead atoms. The Labute approximate surface area is 87.8 Å². The molecule has 12 heavy (non-hydrogen) atoms. The van der Waals surface area contributed by atoms with Crippen molar-refractivity contribution < 1.29 is 0 Å². The molecule has 0 spiro atoms. The molecule has 0 fully saturated rings. The summed E-state index contributed by atoms with van der Waals surface area (Å²) in [6, 6.07) is 3.64. The number of halogens is 3. The quantitative estimate of drug-likeness (QED) is 0.733. The van der Waals surface area contributed by atoms with Gasteiger partial charge in [0.2, 0.25) is 0 Å². The minimum absolute atomic E-state index is 0.568. The molecule has 1 nitrogen and oxygen atoms in total. The Bertz CT molecular complexity index is 436. The van der Waals surface area contributed by atoms with Gasteiger partial charge in [-0.3, -0.25) is 0 Å². The fourth-order valence-corrected chi connectivity index (χ4v) is 1.85. The van der Waals surface area contributed by atoms with E-state index in [9.17, 15) is 0 Å². The van der Waals surface area contributed by atoms with Crippen LogP contribution in [0.4, 0.5) is 0 Å². The number of hydrogen-bond donors (Lipinski definition) is 1. The lowest BCUT2D eigenvalue weighted by Gasteiger charge is -1.95. The highest BCUT2D eigenvalue weighted by Crippen LogP contribution is 2.31. The summed E-state index contributed by atoms with van der Waals surface area (Å²) in [6.45, 7) is 0. The molecule has 0 radical (unpaired) electrons. The van der Waals surface area contributed by atoms with E-state index >= 15 is 0 Å². The van der Waals surface area contributed by atoms with Crippen LogP contribution in [0.25, 0.3) is 10.9 Å². The highest BCUT2D eigenvalue weighted by molar-refractivity contribution is 9.10. The third-order valence-corrected chi connectivity index (χ3v) is 3.05. The van der Waals surface area contributed by atoms with E-state index in [-0.39, 0.29) is 0 Å². The predicted molar refractivity (Wildman–Crippen MR) is 56.0 cm³/mol. The third-order valence-electron chi connectivity index (χ3n) is 1.67. The zero-order valence-corrected chi connectivity index (χ0v) is 8.96. The van der Waals surface area contributed by atoms with Crippen LogP contribution in [0.5, 0.6) is 0 Å². The second-order valence-corrected chi connectivity index (χ2v) is 4.12. The Morgan fingerprint density at radius 2 is 1.83 bits per heavy atom. The Balaban J connectivity index is 2.87. The van der Waals surface area contributed by atoms with Gasteiger partial charge in [0.1, 0.15) is 0 Å². The maximum absolute atomic E-state index is 5.85. The van der Waals surface area contributed by atoms with Gasteiger partial charge < -0.3 is 4.98 Å². The van der Waals surface area contributed by atoms with Crippen molar-refractivity contribution in [1.82, 2.24) is 4.98 Å². The molecule has 1 aromatic heterocycles. The minimum Gasteiger partial charge on any atom is -0.360 e. The molecule has 1 aromatic carbocycles. The van der Waals surface area contributed by atoms with Crippen molar-refractivity contribution in [3.63, 3.8) is 0 Å². The van der Waals surface area contributed by atoms with Gasteiger partial charge >= 0.3 is 0 Å². The van der Waals surface area contributed by atoms with Crippen molar-refractivity contribution in [2.45, 2.75) is 0 Å². The van der Waals surface area contributed by atoms with Crippen LogP contribution in [-0.4, -0.2) is 4.98 Å². The summed E-state index contributed by atoms with van der Waals surface area (Å²) in [5.41, 5.74) is 0.983. The lowest BCUT2D eigenvalue weighted by molar-refractivity contribution is 1.47. The van der Waals surface area contributed by atoms with Crippen molar-refractivity contribution in [1.29, 1.82) is 0 Å². The summed E-state index contributed by atoms with van der Waals surface area (Å²) in [7, 11) is 0. The fraction of sp³-hybridized carbons (Fsp3) is 0. The van der Waals surface area contributed by atoms with Crippen molar-refractivity contribution in [2.24, 2.45) is 0 Å². The molecule has 0 saturated heterocycles. The summed E-state index contributed by atoms with van der Waals surface area (Å²) in [6.07, 6.45) is 1.86. The third kappa shape index (κ3) is 1.24. The van der Waals surface area contributed by atoms with Crippen LogP contribution >= 0.6 is 39.1 Å². The van der Waals surface area contributed by atoms with E-state index in [1.165, 1.54) is 0 Å². The van der Waals surface area contributed by atoms with Gasteiger partial charge in [0.25, 0.3) is 0 Å². The van der Waals surface area contributed by atoms with Crippen LogP contribution in [0.2, 0.25) is 10.0 Å². The Morgan fingerprint density at radius 3 is 2.58 bits per heavy atom. The maximum Gasteiger partial charge on any atom is 0.0613 e. The number of hydrogen-bond acceptors (Lipinski definition) is 0. The van der Waals surface area contributed by atoms with Crippen LogP contribution in [0.15, 0.2) is 22.8 Å². The van der Waals surface area contributed by atoms with E-state index < -0.39 is 0 Å². The van der Waals surface area contributed by atoms with Gasteiger partial charge in [0.05, 0.1) is 10.0 Å². The van der Waals surface area contributed by atoms with Crippen molar-refractivity contribution in [3.8, 4) is 0 Å². The fourth-order valence-electron chi connectivity index (χ4n) is 1.08. The van der Waals surface area contributed by atoms with E-state index in [4.69, 9.17) is 23.2 Å². The van der Waals surface area contributed by atoms with Gasteiger partial charge in [0.15, 0.2) is 0 Å². The molecule has 2 aromatic rings. The lowest BCUT2D eigenvalue weighted by atomic mass is 10.2. The Kier molecular flexibility index (Phi) is 2.07. The first-order chi connectivity index (χ1) is 5.68. The molecule has 1 N–H and O–H groups in total. The second-order valence-electron chi connectivity index (χ2n) is 2.45. The maximum atomic E-state index is 5.85. The predicted octanol–water partition coefficient (Wildman–Crippen LogP) is 4.24. The van der Waals surface area contributed by atoms with E-state index in [1.807, 2.05) is 18.3 Å². The molecule has 0 aliphatic carbocycles. The first-order valence-electron chi connectivity index (χ1n) is 3.30. The van der Waals surface area contributed by atoms with Crippen LogP contribution < -0.4 is 0 Å². The first-order valence-corrected chi connectivity index (χ1v) is 4.85. The average Bonchev–Trinajstić information content (AvgIpc) is 2.35. The van der Waals surface area contributed by atoms with E-state index in [1.54, 1.807) is 0 Å². The van der Waals surface area contributed by atoms with Crippen molar-refractivity contribution in [2.75, 3.05) is 0 Å². The van der Waals surface area contributed by atoms with Crippen LogP contribution in [0.3, 0.4) is 0 Å². The monoisotopic (exact) mass is 263 g/mol. The zero-order chi connectivity index (χ0) is 8.72. The topological polar surface area (TPSA) is 15.8 Å². The summed E-state index contributed by atoms with van der Waals surface area (Å²) in [5, 5.41) is 2.19. The molecule has 0 saturated carbocycles. The number of nitrogens with one attached hydrogen (secondary N) is 1. The highest BCUT2D eigenvalue weighted by atomic mass is 79.9. The van der Waals surface area contributed by atoms with Crippen LogP contribution in [0, 0.1) is 0 Å². The van der Waals surface area contributed by atoms with Gasteiger partial charge in [-0.15, -0.1) is 0 Å². The van der Waals surface area contributed by atoms with Crippen molar-refractivity contribution in [3.05, 3.63) is 32.8 Å². The smallest absolute Gasteiger partial charge is 0.0613 e. The molecule has 1 heterocycles. The molecular weight excluding hydrogens is 261 g/mol. The minimum atomic E-state index is 0.568. The number of benzene rings is 1. The lowest BCUT2D eigenvalue weighted by Crippen LogP contribution is -1.70. The SMILES string of the molecule is Clc1cc2[nH]cc(Br)c2cc1Cl. The van der Waals surface area contributed by atoms with E-state index in [0.717, 1.165) is 15.4 Å². The van der Waals surface area contributed by atoms with E-state index in [0.29, 0.717) is 10.0 Å². The van der Waals surface area contributed by atoms with E-state index in [2.05, 4.69) is 20.9 Å². The molecule has 0 aliphatic rings. The largest absolute Gasteiger partial charge is 0.360 e. The summed E-state index contributed by atoms with van der Waals surface area (Å²) >= 11 is 15.1. The Hall–Kier alpha value is -0.180. The first kappa shape index (κ1) is 8.42. The van der Waals surface area contributed by atoms with Crippen molar-refractivity contribution >= 4 is 50.0 Å². The van der Waals surface area contributed by atoms with Gasteiger partial charge in [0, 0.05) is 21.6 Å². The van der Waals surface area contributed by atoms with Crippen LogP contribution in [0.1, 0.15) is 0 Å². The number of rotatable bonds is 0. The summed E-state index contributed by atoms with van der Waals surface area (Å²) in [4.78, 5) is 3.07. The molecule has 0 unspecified atom stereocenters. The molecule has 0 aliphatic heterocycles. The van der Waals surface area contributed by atoms with Gasteiger partial charge in [-0.05, 0) is 28.1 Å². The summed E-state index contributed by atoms with van der Waals surface area (Å²) < 4.78 is 0.996. The molecule has 62 valence electrons. The van der Waals surface area contributed by atoms with Gasteiger partial charge in [-0.1, -0.05) is 23.2 Å². The molecular formula is C8H4BrCl2N. The van der Waals surface area contributed by atoms with Crippen LogP contribution in [-0.2, 0) is 0 Å². The number of H-pyrrole nitrogens is 1. The zero-order valence-electron chi connectivity index (χ0n) is 5.87. The average molecular weight is 265 g/mol. The van der Waals surface area contributed by atoms with Gasteiger partial charge in [-0.2, -0.15) is 0 Å². The highest BCUT2D eigenvalue weighted by Gasteiger charge is 2.04. The van der Waals surface area contributed by atoms with Gasteiger partial charge in [-0.25, -0.2) is 0 Å². The number of aromatic nitrogens is 1. The molecule has 2 rings (SSSR count). The summed E-state index contributed by atoms with van der Waals surface area (Å²) in [5.74, 6) is 0. The Morgan fingerprint density at radius 1 is 1.17 bits per heavy atom. The molecule has 0 atom stereocenters. The number of fused-ring (bicyclic) bond motifs is 1. The second kappa shape index (κ2) is 2.95. The molecule has 4 heteroatoms. The standard InChI is InChI=1S/C8H4BrCl2N/c9-5-3-12-8-2-7(11)6(10)1-4(5)8/h1-3,12H. The molecule has 0 amide bonds.